The molecule has 0 bridgehead atoms. The summed E-state index contributed by atoms with van der Waals surface area (Å²) in [5.41, 5.74) is -0.307. The van der Waals surface area contributed by atoms with Crippen LogP contribution in [-0.4, -0.2) is 16.7 Å². The number of nitro benzene ring substituents is 1. The predicted octanol–water partition coefficient (Wildman–Crippen LogP) is 2.53. The first-order chi connectivity index (χ1) is 9.99. The molecule has 0 aromatic heterocycles. The summed E-state index contributed by atoms with van der Waals surface area (Å²) >= 11 is 0. The Hall–Kier alpha value is -3.09. The van der Waals surface area contributed by atoms with Gasteiger partial charge in [0.2, 0.25) is 0 Å². The number of amides is 2. The summed E-state index contributed by atoms with van der Waals surface area (Å²) in [6.07, 6.45) is 0. The Labute approximate surface area is 117 Å². The van der Waals surface area contributed by atoms with E-state index in [-0.39, 0.29) is 16.8 Å². The number of carbonyl (C=O) groups excluding carboxylic acids is 2. The maximum Gasteiger partial charge on any atom is 0.274 e. The molecule has 1 aliphatic heterocycles. The largest absolute Gasteiger partial charge is 0.274 e. The van der Waals surface area contributed by atoms with E-state index in [2.05, 4.69) is 0 Å². The highest BCUT2D eigenvalue weighted by atomic mass is 19.1. The van der Waals surface area contributed by atoms with Crippen molar-refractivity contribution in [2.75, 3.05) is 4.90 Å². The summed E-state index contributed by atoms with van der Waals surface area (Å²) in [5, 5.41) is 10.8. The molecule has 2 amide bonds. The molecule has 0 saturated heterocycles. The van der Waals surface area contributed by atoms with E-state index in [0.717, 1.165) is 23.1 Å². The number of halogens is 1. The first-order valence-electron chi connectivity index (χ1n) is 5.92. The van der Waals surface area contributed by atoms with Gasteiger partial charge in [0.15, 0.2) is 0 Å². The number of fused-ring (bicyclic) bond motifs is 1. The van der Waals surface area contributed by atoms with Crippen molar-refractivity contribution in [1.29, 1.82) is 0 Å². The predicted molar refractivity (Wildman–Crippen MR) is 70.6 cm³/mol. The molecular weight excluding hydrogens is 279 g/mol. The van der Waals surface area contributed by atoms with Crippen LogP contribution < -0.4 is 4.90 Å². The lowest BCUT2D eigenvalue weighted by Gasteiger charge is -2.13. The highest BCUT2D eigenvalue weighted by Gasteiger charge is 2.37. The quantitative estimate of drug-likeness (QED) is 0.482. The maximum atomic E-state index is 13.5. The summed E-state index contributed by atoms with van der Waals surface area (Å²) < 4.78 is 13.5. The minimum Gasteiger partial charge on any atom is -0.268 e. The minimum atomic E-state index is -0.893. The van der Waals surface area contributed by atoms with Crippen LogP contribution in [0.25, 0.3) is 0 Å². The van der Waals surface area contributed by atoms with Gasteiger partial charge in [-0.15, -0.1) is 0 Å². The van der Waals surface area contributed by atoms with Crippen LogP contribution in [0.1, 0.15) is 20.7 Å². The number of rotatable bonds is 2. The van der Waals surface area contributed by atoms with Crippen LogP contribution in [0, 0.1) is 15.9 Å². The van der Waals surface area contributed by atoms with E-state index in [0.29, 0.717) is 0 Å². The zero-order chi connectivity index (χ0) is 15.1. The van der Waals surface area contributed by atoms with Crippen LogP contribution >= 0.6 is 0 Å². The van der Waals surface area contributed by atoms with Crippen LogP contribution in [0.5, 0.6) is 0 Å². The first kappa shape index (κ1) is 12.9. The number of hydrogen-bond donors (Lipinski definition) is 0. The summed E-state index contributed by atoms with van der Waals surface area (Å²) in [6.45, 7) is 0. The molecule has 2 aromatic carbocycles. The fraction of sp³-hybridized carbons (Fsp3) is 0. The molecule has 0 saturated carbocycles. The molecule has 6 nitrogen and oxygen atoms in total. The zero-order valence-corrected chi connectivity index (χ0v) is 10.4. The normalized spacial score (nSPS) is 13.5. The van der Waals surface area contributed by atoms with Crippen LogP contribution in [0.4, 0.5) is 15.8 Å². The molecule has 2 aromatic rings. The molecular formula is C14H7FN2O4. The molecule has 0 unspecified atom stereocenters. The molecule has 0 atom stereocenters. The van der Waals surface area contributed by atoms with E-state index in [4.69, 9.17) is 0 Å². The minimum absolute atomic E-state index is 0.159. The van der Waals surface area contributed by atoms with Crippen LogP contribution in [0.15, 0.2) is 42.5 Å². The standard InChI is InChI=1S/C14H7FN2O4/c15-8-5-9(7-10(6-8)17(20)21)16-13(18)11-3-1-2-4-12(11)14(16)19/h1-7H. The van der Waals surface area contributed by atoms with Crippen molar-refractivity contribution in [3.63, 3.8) is 0 Å². The Balaban J connectivity index is 2.13. The van der Waals surface area contributed by atoms with E-state index in [1.807, 2.05) is 0 Å². The molecule has 1 heterocycles. The second-order valence-electron chi connectivity index (χ2n) is 4.42. The van der Waals surface area contributed by atoms with Crippen molar-refractivity contribution in [2.24, 2.45) is 0 Å². The zero-order valence-electron chi connectivity index (χ0n) is 10.4. The second-order valence-corrected chi connectivity index (χ2v) is 4.42. The average Bonchev–Trinajstić information content (AvgIpc) is 2.71. The van der Waals surface area contributed by atoms with Gasteiger partial charge in [0.05, 0.1) is 27.8 Å². The van der Waals surface area contributed by atoms with Crippen LogP contribution in [0.3, 0.4) is 0 Å². The Bertz CT molecular complexity index is 768. The topological polar surface area (TPSA) is 80.5 Å². The molecule has 21 heavy (non-hydrogen) atoms. The average molecular weight is 286 g/mol. The maximum absolute atomic E-state index is 13.5. The Morgan fingerprint density at radius 3 is 2.10 bits per heavy atom. The highest BCUT2D eigenvalue weighted by Crippen LogP contribution is 2.31. The third kappa shape index (κ3) is 1.95. The third-order valence-corrected chi connectivity index (χ3v) is 3.13. The monoisotopic (exact) mass is 286 g/mol. The van der Waals surface area contributed by atoms with Crippen LogP contribution in [0.2, 0.25) is 0 Å². The molecule has 0 aliphatic carbocycles. The fourth-order valence-corrected chi connectivity index (χ4v) is 2.22. The highest BCUT2D eigenvalue weighted by molar-refractivity contribution is 6.34. The molecule has 1 aliphatic rings. The Morgan fingerprint density at radius 2 is 1.57 bits per heavy atom. The van der Waals surface area contributed by atoms with Crippen molar-refractivity contribution in [3.05, 3.63) is 69.5 Å². The van der Waals surface area contributed by atoms with Gasteiger partial charge < -0.3 is 0 Å². The second kappa shape index (κ2) is 4.48. The summed E-state index contributed by atoms with van der Waals surface area (Å²) in [4.78, 5) is 35.1. The van der Waals surface area contributed by atoms with Gasteiger partial charge >= 0.3 is 0 Å². The van der Waals surface area contributed by atoms with E-state index in [1.165, 1.54) is 12.1 Å². The number of anilines is 1. The molecule has 0 spiro atoms. The SMILES string of the molecule is O=C1c2ccccc2C(=O)N1c1cc(F)cc([N+](=O)[O-])c1. The van der Waals surface area contributed by atoms with Crippen molar-refractivity contribution >= 4 is 23.2 Å². The summed E-state index contributed by atoms with van der Waals surface area (Å²) in [5.74, 6) is -2.15. The third-order valence-electron chi connectivity index (χ3n) is 3.13. The van der Waals surface area contributed by atoms with Gasteiger partial charge in [-0.25, -0.2) is 9.29 Å². The summed E-state index contributed by atoms with van der Waals surface area (Å²) in [7, 11) is 0. The molecule has 0 radical (unpaired) electrons. The van der Waals surface area contributed by atoms with Gasteiger partial charge in [0, 0.05) is 6.07 Å². The van der Waals surface area contributed by atoms with E-state index in [1.54, 1.807) is 12.1 Å². The van der Waals surface area contributed by atoms with Crippen molar-refractivity contribution < 1.29 is 18.9 Å². The number of hydrogen-bond acceptors (Lipinski definition) is 4. The Morgan fingerprint density at radius 1 is 1.00 bits per heavy atom. The Kier molecular flexibility index (Phi) is 2.76. The van der Waals surface area contributed by atoms with Gasteiger partial charge in [-0.3, -0.25) is 19.7 Å². The molecule has 3 rings (SSSR count). The summed E-state index contributed by atoms with van der Waals surface area (Å²) in [6, 6.07) is 8.77. The molecule has 0 fully saturated rings. The lowest BCUT2D eigenvalue weighted by Crippen LogP contribution is -2.29. The number of carbonyl (C=O) groups is 2. The van der Waals surface area contributed by atoms with Gasteiger partial charge in [0.25, 0.3) is 17.5 Å². The van der Waals surface area contributed by atoms with E-state index < -0.39 is 28.2 Å². The molecule has 0 N–H and O–H groups in total. The number of nitrogens with zero attached hydrogens (tertiary/aromatic N) is 2. The molecule has 104 valence electrons. The van der Waals surface area contributed by atoms with Crippen molar-refractivity contribution in [3.8, 4) is 0 Å². The van der Waals surface area contributed by atoms with Crippen molar-refractivity contribution in [2.45, 2.75) is 0 Å². The number of imide groups is 1. The lowest BCUT2D eigenvalue weighted by molar-refractivity contribution is -0.385. The smallest absolute Gasteiger partial charge is 0.268 e. The van der Waals surface area contributed by atoms with Crippen LogP contribution in [-0.2, 0) is 0 Å². The van der Waals surface area contributed by atoms with E-state index in [9.17, 15) is 24.1 Å². The lowest BCUT2D eigenvalue weighted by atomic mass is 10.1. The fourth-order valence-electron chi connectivity index (χ4n) is 2.22. The van der Waals surface area contributed by atoms with Gasteiger partial charge in [-0.2, -0.15) is 0 Å². The van der Waals surface area contributed by atoms with E-state index >= 15 is 0 Å². The number of benzene rings is 2. The number of nitro groups is 1. The number of non-ortho nitro benzene ring substituents is 1. The van der Waals surface area contributed by atoms with Crippen molar-refractivity contribution in [1.82, 2.24) is 0 Å². The van der Waals surface area contributed by atoms with Gasteiger partial charge in [-0.05, 0) is 18.2 Å². The first-order valence-corrected chi connectivity index (χ1v) is 5.92. The van der Waals surface area contributed by atoms with Gasteiger partial charge in [-0.1, -0.05) is 12.1 Å². The molecule has 7 heteroatoms. The van der Waals surface area contributed by atoms with Gasteiger partial charge in [0.1, 0.15) is 5.82 Å².